The lowest BCUT2D eigenvalue weighted by Gasteiger charge is -2.25. The van der Waals surface area contributed by atoms with Crippen molar-refractivity contribution in [2.24, 2.45) is 4.99 Å². The lowest BCUT2D eigenvalue weighted by Crippen LogP contribution is -2.29. The van der Waals surface area contributed by atoms with Crippen molar-refractivity contribution < 1.29 is 36.2 Å². The molecule has 1 unspecified atom stereocenters. The van der Waals surface area contributed by atoms with Crippen LogP contribution in [0.4, 0.5) is 33.3 Å². The first-order chi connectivity index (χ1) is 16.3. The third kappa shape index (κ3) is 5.33. The monoisotopic (exact) mass is 476 g/mol. The SMILES string of the molecule is O=C1C(=Nc2ccc(OC(F)F)cc2)CC(c2cccc(F)c2)N1c1ccc(OC(F)F)cc1. The van der Waals surface area contributed by atoms with Crippen LogP contribution in [0.25, 0.3) is 0 Å². The predicted octanol–water partition coefficient (Wildman–Crippen LogP) is 6.28. The Balaban J connectivity index is 1.67. The maximum atomic E-state index is 13.9. The molecule has 1 heterocycles. The molecule has 10 heteroatoms. The van der Waals surface area contributed by atoms with Gasteiger partial charge in [0, 0.05) is 12.1 Å². The molecule has 1 aliphatic rings. The van der Waals surface area contributed by atoms with Gasteiger partial charge in [-0.15, -0.1) is 0 Å². The van der Waals surface area contributed by atoms with Crippen molar-refractivity contribution in [1.29, 1.82) is 0 Å². The minimum atomic E-state index is -2.99. The second-order valence-corrected chi connectivity index (χ2v) is 7.25. The molecule has 0 aliphatic carbocycles. The lowest BCUT2D eigenvalue weighted by atomic mass is 10.0. The Labute approximate surface area is 191 Å². The summed E-state index contributed by atoms with van der Waals surface area (Å²) in [6, 6.07) is 16.1. The van der Waals surface area contributed by atoms with Crippen molar-refractivity contribution in [2.45, 2.75) is 25.7 Å². The fraction of sp³-hybridized carbons (Fsp3) is 0.167. The van der Waals surface area contributed by atoms with Gasteiger partial charge in [-0.3, -0.25) is 9.69 Å². The molecule has 176 valence electrons. The van der Waals surface area contributed by atoms with E-state index in [9.17, 15) is 26.7 Å². The normalized spacial score (nSPS) is 17.1. The molecule has 1 atom stereocenters. The van der Waals surface area contributed by atoms with E-state index in [1.54, 1.807) is 6.07 Å². The third-order valence-corrected chi connectivity index (χ3v) is 5.06. The minimum Gasteiger partial charge on any atom is -0.435 e. The number of ether oxygens (including phenoxy) is 2. The van der Waals surface area contributed by atoms with Crippen molar-refractivity contribution in [1.82, 2.24) is 0 Å². The summed E-state index contributed by atoms with van der Waals surface area (Å²) in [5.41, 5.74) is 1.40. The zero-order chi connectivity index (χ0) is 24.2. The minimum absolute atomic E-state index is 0.0536. The number of nitrogens with zero attached hydrogens (tertiary/aromatic N) is 2. The fourth-order valence-electron chi connectivity index (χ4n) is 3.66. The van der Waals surface area contributed by atoms with E-state index in [1.165, 1.54) is 71.6 Å². The summed E-state index contributed by atoms with van der Waals surface area (Å²) in [5.74, 6) is -1.08. The van der Waals surface area contributed by atoms with Gasteiger partial charge in [-0.2, -0.15) is 17.6 Å². The van der Waals surface area contributed by atoms with Crippen LogP contribution in [0, 0.1) is 5.82 Å². The summed E-state index contributed by atoms with van der Waals surface area (Å²) in [7, 11) is 0. The van der Waals surface area contributed by atoms with Crippen LogP contribution >= 0.6 is 0 Å². The zero-order valence-corrected chi connectivity index (χ0v) is 17.4. The number of rotatable bonds is 7. The first-order valence-corrected chi connectivity index (χ1v) is 10.1. The van der Waals surface area contributed by atoms with E-state index in [-0.39, 0.29) is 23.6 Å². The lowest BCUT2D eigenvalue weighted by molar-refractivity contribution is -0.112. The first kappa shape index (κ1) is 23.2. The molecular formula is C24H17F5N2O3. The van der Waals surface area contributed by atoms with E-state index >= 15 is 0 Å². The quantitative estimate of drug-likeness (QED) is 0.377. The molecule has 0 saturated carbocycles. The number of amides is 1. The summed E-state index contributed by atoms with van der Waals surface area (Å²) in [4.78, 5) is 19.0. The number of benzene rings is 3. The van der Waals surface area contributed by atoms with Gasteiger partial charge in [0.25, 0.3) is 5.91 Å². The standard InChI is InChI=1S/C24H17F5N2O3/c25-15-3-1-2-14(12-15)21-13-20(30-16-4-8-18(9-5-16)33-23(26)27)22(32)31(21)17-6-10-19(11-7-17)34-24(28)29/h1-12,21,23-24H,13H2. The van der Waals surface area contributed by atoms with E-state index in [2.05, 4.69) is 14.5 Å². The van der Waals surface area contributed by atoms with Crippen LogP contribution in [0.15, 0.2) is 77.8 Å². The largest absolute Gasteiger partial charge is 0.435 e. The van der Waals surface area contributed by atoms with Crippen LogP contribution in [0.3, 0.4) is 0 Å². The van der Waals surface area contributed by atoms with Crippen molar-refractivity contribution >= 4 is 23.0 Å². The van der Waals surface area contributed by atoms with Gasteiger partial charge in [0.2, 0.25) is 0 Å². The first-order valence-electron chi connectivity index (χ1n) is 10.1. The van der Waals surface area contributed by atoms with Gasteiger partial charge < -0.3 is 9.47 Å². The van der Waals surface area contributed by atoms with Crippen molar-refractivity contribution in [3.05, 3.63) is 84.2 Å². The molecule has 3 aromatic rings. The van der Waals surface area contributed by atoms with Gasteiger partial charge in [0.1, 0.15) is 23.0 Å². The Morgan fingerprint density at radius 3 is 2.00 bits per heavy atom. The number of alkyl halides is 4. The number of anilines is 1. The highest BCUT2D eigenvalue weighted by Gasteiger charge is 2.38. The third-order valence-electron chi connectivity index (χ3n) is 5.06. The molecule has 34 heavy (non-hydrogen) atoms. The van der Waals surface area contributed by atoms with E-state index in [0.717, 1.165) is 0 Å². The van der Waals surface area contributed by atoms with Crippen LogP contribution in [0.5, 0.6) is 11.5 Å². The van der Waals surface area contributed by atoms with Crippen LogP contribution in [-0.2, 0) is 4.79 Å². The molecule has 4 rings (SSSR count). The smallest absolute Gasteiger partial charge is 0.387 e. The number of aliphatic imine (C=N–C) groups is 1. The van der Waals surface area contributed by atoms with Crippen LogP contribution < -0.4 is 14.4 Å². The maximum absolute atomic E-state index is 13.9. The van der Waals surface area contributed by atoms with Crippen molar-refractivity contribution in [2.75, 3.05) is 4.90 Å². The number of hydrogen-bond donors (Lipinski definition) is 0. The summed E-state index contributed by atoms with van der Waals surface area (Å²) in [5, 5.41) is 0. The fourth-order valence-corrected chi connectivity index (χ4v) is 3.66. The summed E-state index contributed by atoms with van der Waals surface area (Å²) in [6.45, 7) is -5.96. The van der Waals surface area contributed by atoms with Crippen molar-refractivity contribution in [3.8, 4) is 11.5 Å². The molecule has 0 aromatic heterocycles. The van der Waals surface area contributed by atoms with Crippen LogP contribution in [0.1, 0.15) is 18.0 Å². The number of halogens is 5. The van der Waals surface area contributed by atoms with Gasteiger partial charge in [0.05, 0.1) is 11.7 Å². The maximum Gasteiger partial charge on any atom is 0.387 e. The molecule has 1 aliphatic heterocycles. The Kier molecular flexibility index (Phi) is 6.76. The molecule has 1 fully saturated rings. The van der Waals surface area contributed by atoms with Gasteiger partial charge in [0.15, 0.2) is 0 Å². The highest BCUT2D eigenvalue weighted by Crippen LogP contribution is 2.38. The highest BCUT2D eigenvalue weighted by atomic mass is 19.3. The van der Waals surface area contributed by atoms with E-state index < -0.39 is 31.0 Å². The molecule has 0 spiro atoms. The predicted molar refractivity (Wildman–Crippen MR) is 114 cm³/mol. The molecule has 0 bridgehead atoms. The summed E-state index contributed by atoms with van der Waals surface area (Å²) >= 11 is 0. The average Bonchev–Trinajstić information content (AvgIpc) is 3.11. The van der Waals surface area contributed by atoms with Crippen LogP contribution in [-0.4, -0.2) is 24.8 Å². The molecule has 0 radical (unpaired) electrons. The Bertz CT molecular complexity index is 1180. The summed E-state index contributed by atoms with van der Waals surface area (Å²) in [6.07, 6.45) is 0.132. The number of hydrogen-bond acceptors (Lipinski definition) is 4. The Morgan fingerprint density at radius 2 is 1.44 bits per heavy atom. The highest BCUT2D eigenvalue weighted by molar-refractivity contribution is 6.46. The number of carbonyl (C=O) groups excluding carboxylic acids is 1. The van der Waals surface area contributed by atoms with E-state index in [1.807, 2.05) is 0 Å². The molecule has 1 amide bonds. The number of carbonyl (C=O) groups is 1. The summed E-state index contributed by atoms with van der Waals surface area (Å²) < 4.78 is 72.2. The average molecular weight is 476 g/mol. The van der Waals surface area contributed by atoms with E-state index in [0.29, 0.717) is 16.9 Å². The second kappa shape index (κ2) is 9.90. The van der Waals surface area contributed by atoms with Gasteiger partial charge in [-0.05, 0) is 66.2 Å². The molecule has 0 N–H and O–H groups in total. The van der Waals surface area contributed by atoms with Gasteiger partial charge >= 0.3 is 13.2 Å². The molecule has 3 aromatic carbocycles. The van der Waals surface area contributed by atoms with Gasteiger partial charge in [-0.25, -0.2) is 9.38 Å². The van der Waals surface area contributed by atoms with E-state index in [4.69, 9.17) is 0 Å². The Morgan fingerprint density at radius 1 is 0.853 bits per heavy atom. The molecule has 1 saturated heterocycles. The Hall–Kier alpha value is -3.95. The topological polar surface area (TPSA) is 51.1 Å². The second-order valence-electron chi connectivity index (χ2n) is 7.25. The molecular weight excluding hydrogens is 459 g/mol. The molecule has 5 nitrogen and oxygen atoms in total. The van der Waals surface area contributed by atoms with Crippen LogP contribution in [0.2, 0.25) is 0 Å². The zero-order valence-electron chi connectivity index (χ0n) is 17.4. The van der Waals surface area contributed by atoms with Gasteiger partial charge in [-0.1, -0.05) is 12.1 Å². The van der Waals surface area contributed by atoms with Crippen molar-refractivity contribution in [3.63, 3.8) is 0 Å².